The Morgan fingerprint density at radius 1 is 1.28 bits per heavy atom. The summed E-state index contributed by atoms with van der Waals surface area (Å²) in [5.74, 6) is -3.43. The molecule has 1 N–H and O–H groups in total. The number of nitrogens with one attached hydrogen (secondary N) is 1. The molecule has 1 aliphatic heterocycles. The third-order valence-electron chi connectivity index (χ3n) is 4.06. The highest BCUT2D eigenvalue weighted by molar-refractivity contribution is 6.74. The summed E-state index contributed by atoms with van der Waals surface area (Å²) in [6.45, 7) is 12.2. The van der Waals surface area contributed by atoms with Crippen molar-refractivity contribution in [2.75, 3.05) is 0 Å². The fraction of sp³-hybridized carbons (Fsp3) is 0.917. The summed E-state index contributed by atoms with van der Waals surface area (Å²) in [4.78, 5) is 11.7. The van der Waals surface area contributed by atoms with E-state index in [1.54, 1.807) is 0 Å². The Labute approximate surface area is 108 Å². The molecule has 0 radical (unpaired) electrons. The maximum absolute atomic E-state index is 13.4. The van der Waals surface area contributed by atoms with Crippen LogP contribution in [-0.4, -0.2) is 31.8 Å². The lowest BCUT2D eigenvalue weighted by molar-refractivity contribution is -0.179. The van der Waals surface area contributed by atoms with Crippen LogP contribution in [0, 0.1) is 0 Å². The van der Waals surface area contributed by atoms with E-state index >= 15 is 0 Å². The molecule has 1 heterocycles. The van der Waals surface area contributed by atoms with Gasteiger partial charge in [0.2, 0.25) is 0 Å². The molecule has 0 aromatic heterocycles. The molecule has 1 rings (SSSR count). The molecule has 3 nitrogen and oxygen atoms in total. The first-order valence-electron chi connectivity index (χ1n) is 6.11. The van der Waals surface area contributed by atoms with E-state index in [-0.39, 0.29) is 5.04 Å². The largest absolute Gasteiger partial charge is 0.401 e. The van der Waals surface area contributed by atoms with Crippen molar-refractivity contribution >= 4 is 14.2 Å². The van der Waals surface area contributed by atoms with Gasteiger partial charge in [-0.1, -0.05) is 20.8 Å². The van der Waals surface area contributed by atoms with Crippen molar-refractivity contribution in [3.8, 4) is 0 Å². The topological polar surface area (TPSA) is 38.3 Å². The Morgan fingerprint density at radius 3 is 2.00 bits per heavy atom. The van der Waals surface area contributed by atoms with E-state index in [1.165, 1.54) is 6.92 Å². The number of carbonyl (C=O) groups excluding carboxylic acids is 1. The van der Waals surface area contributed by atoms with E-state index < -0.39 is 31.8 Å². The monoisotopic (exact) mass is 279 g/mol. The zero-order chi connectivity index (χ0) is 14.6. The lowest BCUT2D eigenvalue weighted by atomic mass is 9.83. The summed E-state index contributed by atoms with van der Waals surface area (Å²) in [6, 6.07) is -1.24. The predicted octanol–water partition coefficient (Wildman–Crippen LogP) is 2.92. The number of hydrogen-bond acceptors (Lipinski definition) is 2. The summed E-state index contributed by atoms with van der Waals surface area (Å²) >= 11 is 0. The second-order valence-electron chi connectivity index (χ2n) is 6.83. The van der Waals surface area contributed by atoms with Crippen LogP contribution in [0.3, 0.4) is 0 Å². The van der Waals surface area contributed by atoms with Crippen molar-refractivity contribution in [1.82, 2.24) is 5.32 Å². The predicted molar refractivity (Wildman–Crippen MR) is 69.2 cm³/mol. The molecule has 0 aliphatic carbocycles. The van der Waals surface area contributed by atoms with E-state index in [4.69, 9.17) is 4.43 Å². The van der Waals surface area contributed by atoms with Crippen molar-refractivity contribution in [2.24, 2.45) is 0 Å². The number of β-lactam (4-membered cyclic amide) rings is 1. The van der Waals surface area contributed by atoms with Gasteiger partial charge >= 0.3 is 0 Å². The van der Waals surface area contributed by atoms with Crippen molar-refractivity contribution in [2.45, 2.75) is 70.3 Å². The van der Waals surface area contributed by atoms with E-state index in [0.29, 0.717) is 0 Å². The molecule has 1 aliphatic rings. The van der Waals surface area contributed by atoms with Crippen molar-refractivity contribution in [3.05, 3.63) is 0 Å². The van der Waals surface area contributed by atoms with Crippen molar-refractivity contribution in [3.63, 3.8) is 0 Å². The van der Waals surface area contributed by atoms with Crippen LogP contribution in [0.1, 0.15) is 34.6 Å². The molecule has 1 fully saturated rings. The molecule has 1 saturated heterocycles. The minimum atomic E-state index is -2.98. The molecular formula is C12H23F2NO2Si. The van der Waals surface area contributed by atoms with Crippen LogP contribution in [-0.2, 0) is 9.22 Å². The Kier molecular flexibility index (Phi) is 3.46. The second kappa shape index (κ2) is 4.00. The van der Waals surface area contributed by atoms with Crippen LogP contribution < -0.4 is 5.32 Å². The standard InChI is InChI=1S/C12H23F2NO2Si/c1-10(2,3)18(6,7)17-11(4)8(12(5,13)14)15-9(11)16/h8H,1-7H3,(H,15,16)/t8-,11-/m1/s1. The summed E-state index contributed by atoms with van der Waals surface area (Å²) in [7, 11) is -2.27. The minimum Gasteiger partial charge on any atom is -0.401 e. The van der Waals surface area contributed by atoms with Crippen LogP contribution in [0.15, 0.2) is 0 Å². The van der Waals surface area contributed by atoms with Crippen LogP contribution in [0.5, 0.6) is 0 Å². The second-order valence-corrected chi connectivity index (χ2v) is 11.6. The van der Waals surface area contributed by atoms with Gasteiger partial charge in [-0.2, -0.15) is 0 Å². The summed E-state index contributed by atoms with van der Waals surface area (Å²) in [5, 5.41) is 2.13. The van der Waals surface area contributed by atoms with E-state index in [0.717, 1.165) is 6.92 Å². The van der Waals surface area contributed by atoms with Gasteiger partial charge in [0.25, 0.3) is 11.8 Å². The van der Waals surface area contributed by atoms with Gasteiger partial charge in [0, 0.05) is 6.92 Å². The number of rotatable bonds is 3. The molecule has 0 saturated carbocycles. The molecule has 1 amide bonds. The smallest absolute Gasteiger partial charge is 0.268 e. The molecule has 106 valence electrons. The number of hydrogen-bond donors (Lipinski definition) is 1. The lowest BCUT2D eigenvalue weighted by Gasteiger charge is -2.53. The number of halogens is 2. The molecule has 18 heavy (non-hydrogen) atoms. The number of amides is 1. The first-order valence-corrected chi connectivity index (χ1v) is 9.01. The molecule has 2 atom stereocenters. The molecule has 0 bridgehead atoms. The number of carbonyl (C=O) groups is 1. The van der Waals surface area contributed by atoms with E-state index in [1.807, 2.05) is 33.9 Å². The number of alkyl halides is 2. The first kappa shape index (κ1) is 15.6. The van der Waals surface area contributed by atoms with Gasteiger partial charge in [0.05, 0.1) is 0 Å². The van der Waals surface area contributed by atoms with Gasteiger partial charge in [-0.15, -0.1) is 0 Å². The SMILES string of the molecule is CC(F)(F)[C@@H]1NC(=O)[C@]1(C)O[Si](C)(C)C(C)(C)C. The van der Waals surface area contributed by atoms with Crippen LogP contribution in [0.2, 0.25) is 18.1 Å². The third-order valence-corrected chi connectivity index (χ3v) is 8.60. The normalized spacial score (nSPS) is 29.8. The average molecular weight is 279 g/mol. The summed E-state index contributed by atoms with van der Waals surface area (Å²) in [6.07, 6.45) is 0. The maximum Gasteiger partial charge on any atom is 0.268 e. The minimum absolute atomic E-state index is 0.126. The van der Waals surface area contributed by atoms with Crippen LogP contribution >= 0.6 is 0 Å². The molecule has 0 aromatic rings. The van der Waals surface area contributed by atoms with Crippen molar-refractivity contribution < 1.29 is 18.0 Å². The summed E-state index contributed by atoms with van der Waals surface area (Å²) < 4.78 is 32.8. The maximum atomic E-state index is 13.4. The molecular weight excluding hydrogens is 256 g/mol. The Hall–Kier alpha value is -0.493. The summed E-state index contributed by atoms with van der Waals surface area (Å²) in [5.41, 5.74) is -1.42. The zero-order valence-electron chi connectivity index (χ0n) is 12.1. The fourth-order valence-electron chi connectivity index (χ4n) is 1.86. The van der Waals surface area contributed by atoms with Gasteiger partial charge in [-0.25, -0.2) is 8.78 Å². The van der Waals surface area contributed by atoms with Gasteiger partial charge in [-0.05, 0) is 25.1 Å². The van der Waals surface area contributed by atoms with E-state index in [2.05, 4.69) is 5.32 Å². The Bertz CT molecular complexity index is 360. The Balaban J connectivity index is 2.98. The third kappa shape index (κ3) is 2.45. The van der Waals surface area contributed by atoms with Crippen LogP contribution in [0.4, 0.5) is 8.78 Å². The van der Waals surface area contributed by atoms with Gasteiger partial charge in [0.15, 0.2) is 13.9 Å². The highest BCUT2D eigenvalue weighted by Gasteiger charge is 2.63. The highest BCUT2D eigenvalue weighted by Crippen LogP contribution is 2.44. The van der Waals surface area contributed by atoms with Gasteiger partial charge < -0.3 is 9.74 Å². The van der Waals surface area contributed by atoms with Crippen molar-refractivity contribution in [1.29, 1.82) is 0 Å². The average Bonchev–Trinajstić information content (AvgIpc) is 2.09. The first-order chi connectivity index (χ1) is 7.72. The van der Waals surface area contributed by atoms with Gasteiger partial charge in [-0.3, -0.25) is 4.79 Å². The Morgan fingerprint density at radius 2 is 1.72 bits per heavy atom. The zero-order valence-corrected chi connectivity index (χ0v) is 13.1. The molecule has 0 aromatic carbocycles. The molecule has 0 unspecified atom stereocenters. The fourth-order valence-corrected chi connectivity index (χ4v) is 3.44. The van der Waals surface area contributed by atoms with E-state index in [9.17, 15) is 13.6 Å². The highest BCUT2D eigenvalue weighted by atomic mass is 28.4. The quantitative estimate of drug-likeness (QED) is 0.637. The molecule has 0 spiro atoms. The lowest BCUT2D eigenvalue weighted by Crippen LogP contribution is -2.79. The van der Waals surface area contributed by atoms with Crippen LogP contribution in [0.25, 0.3) is 0 Å². The molecule has 6 heteroatoms. The van der Waals surface area contributed by atoms with Gasteiger partial charge in [0.1, 0.15) is 6.04 Å².